The summed E-state index contributed by atoms with van der Waals surface area (Å²) >= 11 is 1.62. The van der Waals surface area contributed by atoms with E-state index in [1.807, 2.05) is 23.6 Å². The number of carbonyl (C=O) groups is 1. The van der Waals surface area contributed by atoms with Crippen LogP contribution in [0.3, 0.4) is 0 Å². The van der Waals surface area contributed by atoms with E-state index in [1.54, 1.807) is 17.5 Å². The molecule has 3 rings (SSSR count). The number of carbonyl (C=O) groups excluding carboxylic acids is 1. The summed E-state index contributed by atoms with van der Waals surface area (Å²) in [7, 11) is 0. The Morgan fingerprint density at radius 2 is 2.14 bits per heavy atom. The van der Waals surface area contributed by atoms with Crippen molar-refractivity contribution in [3.8, 4) is 0 Å². The molecule has 0 unspecified atom stereocenters. The highest BCUT2D eigenvalue weighted by Gasteiger charge is 2.29. The van der Waals surface area contributed by atoms with Crippen molar-refractivity contribution in [1.82, 2.24) is 15.6 Å². The SMILES string of the molecule is O=C(NCCc1nccs1)N[C@H](c1ccccc1)C1CCC1. The molecule has 1 fully saturated rings. The van der Waals surface area contributed by atoms with Crippen LogP contribution < -0.4 is 10.6 Å². The second-order valence-electron chi connectivity index (χ2n) is 5.66. The van der Waals surface area contributed by atoms with Gasteiger partial charge in [-0.05, 0) is 24.3 Å². The van der Waals surface area contributed by atoms with Crippen LogP contribution in [0.1, 0.15) is 35.9 Å². The van der Waals surface area contributed by atoms with E-state index in [2.05, 4.69) is 27.8 Å². The van der Waals surface area contributed by atoms with Crippen molar-refractivity contribution in [2.24, 2.45) is 5.92 Å². The lowest BCUT2D eigenvalue weighted by molar-refractivity contribution is 0.208. The van der Waals surface area contributed by atoms with Gasteiger partial charge in [-0.25, -0.2) is 9.78 Å². The Labute approximate surface area is 135 Å². The van der Waals surface area contributed by atoms with Crippen LogP contribution in [-0.4, -0.2) is 17.6 Å². The van der Waals surface area contributed by atoms with Gasteiger partial charge in [-0.2, -0.15) is 0 Å². The average Bonchev–Trinajstić information content (AvgIpc) is 2.99. The van der Waals surface area contributed by atoms with Gasteiger partial charge in [-0.1, -0.05) is 36.8 Å². The second kappa shape index (κ2) is 7.40. The van der Waals surface area contributed by atoms with E-state index in [0.29, 0.717) is 12.5 Å². The highest BCUT2D eigenvalue weighted by atomic mass is 32.1. The van der Waals surface area contributed by atoms with Gasteiger partial charge in [0.15, 0.2) is 0 Å². The topological polar surface area (TPSA) is 54.0 Å². The molecule has 0 bridgehead atoms. The Morgan fingerprint density at radius 3 is 2.77 bits per heavy atom. The Hall–Kier alpha value is -1.88. The standard InChI is InChI=1S/C17H21N3OS/c21-17(19-10-9-15-18-11-12-22-15)20-16(14-7-4-8-14)13-5-2-1-3-6-13/h1-3,5-6,11-12,14,16H,4,7-10H2,(H2,19,20,21)/t16-/m1/s1. The molecule has 1 aliphatic rings. The van der Waals surface area contributed by atoms with Crippen LogP contribution >= 0.6 is 11.3 Å². The largest absolute Gasteiger partial charge is 0.338 e. The maximum atomic E-state index is 12.2. The molecule has 1 saturated carbocycles. The van der Waals surface area contributed by atoms with Crippen molar-refractivity contribution >= 4 is 17.4 Å². The molecular formula is C17H21N3OS. The minimum absolute atomic E-state index is 0.0858. The Kier molecular flexibility index (Phi) is 5.06. The first-order valence-corrected chi connectivity index (χ1v) is 8.68. The number of benzene rings is 1. The highest BCUT2D eigenvalue weighted by molar-refractivity contribution is 7.09. The van der Waals surface area contributed by atoms with Crippen molar-refractivity contribution < 1.29 is 4.79 Å². The third-order valence-electron chi connectivity index (χ3n) is 4.17. The molecule has 5 heteroatoms. The van der Waals surface area contributed by atoms with E-state index in [1.165, 1.54) is 24.8 Å². The minimum atomic E-state index is -0.0858. The summed E-state index contributed by atoms with van der Waals surface area (Å²) in [6.45, 7) is 0.617. The summed E-state index contributed by atoms with van der Waals surface area (Å²) in [4.78, 5) is 16.4. The molecular weight excluding hydrogens is 294 g/mol. The van der Waals surface area contributed by atoms with Crippen molar-refractivity contribution in [3.05, 3.63) is 52.5 Å². The average molecular weight is 315 g/mol. The lowest BCUT2D eigenvalue weighted by Crippen LogP contribution is -2.42. The molecule has 0 radical (unpaired) electrons. The number of rotatable bonds is 6. The summed E-state index contributed by atoms with van der Waals surface area (Å²) in [5.41, 5.74) is 1.20. The van der Waals surface area contributed by atoms with Crippen LogP contribution in [0.4, 0.5) is 4.79 Å². The van der Waals surface area contributed by atoms with Crippen LogP contribution in [0.25, 0.3) is 0 Å². The first-order valence-electron chi connectivity index (χ1n) is 7.80. The molecule has 1 aromatic carbocycles. The maximum absolute atomic E-state index is 12.2. The van der Waals surface area contributed by atoms with Gasteiger partial charge in [-0.3, -0.25) is 0 Å². The molecule has 0 aliphatic heterocycles. The first-order chi connectivity index (χ1) is 10.8. The minimum Gasteiger partial charge on any atom is -0.338 e. The predicted octanol–water partition coefficient (Wildman–Crippen LogP) is 3.53. The Bertz CT molecular complexity index is 581. The van der Waals surface area contributed by atoms with E-state index >= 15 is 0 Å². The van der Waals surface area contributed by atoms with Crippen LogP contribution in [-0.2, 0) is 6.42 Å². The van der Waals surface area contributed by atoms with Gasteiger partial charge in [0.2, 0.25) is 0 Å². The molecule has 0 spiro atoms. The summed E-state index contributed by atoms with van der Waals surface area (Å²) in [5, 5.41) is 9.10. The van der Waals surface area contributed by atoms with Gasteiger partial charge in [-0.15, -0.1) is 11.3 Å². The Morgan fingerprint density at radius 1 is 1.32 bits per heavy atom. The van der Waals surface area contributed by atoms with Crippen molar-refractivity contribution in [2.75, 3.05) is 6.54 Å². The fourth-order valence-corrected chi connectivity index (χ4v) is 3.38. The normalized spacial score (nSPS) is 15.8. The molecule has 2 amide bonds. The van der Waals surface area contributed by atoms with Crippen LogP contribution in [0.15, 0.2) is 41.9 Å². The fraction of sp³-hybridized carbons (Fsp3) is 0.412. The Balaban J connectivity index is 1.52. The monoisotopic (exact) mass is 315 g/mol. The van der Waals surface area contributed by atoms with E-state index in [0.717, 1.165) is 11.4 Å². The lowest BCUT2D eigenvalue weighted by Gasteiger charge is -2.34. The molecule has 2 aromatic rings. The third kappa shape index (κ3) is 3.85. The number of nitrogens with one attached hydrogen (secondary N) is 2. The van der Waals surface area contributed by atoms with E-state index in [9.17, 15) is 4.79 Å². The molecule has 116 valence electrons. The molecule has 1 atom stereocenters. The quantitative estimate of drug-likeness (QED) is 0.857. The van der Waals surface area contributed by atoms with E-state index < -0.39 is 0 Å². The molecule has 22 heavy (non-hydrogen) atoms. The summed E-state index contributed by atoms with van der Waals surface area (Å²) in [5.74, 6) is 0.562. The number of aromatic nitrogens is 1. The maximum Gasteiger partial charge on any atom is 0.315 e. The first kappa shape index (κ1) is 15.0. The van der Waals surface area contributed by atoms with Gasteiger partial charge in [0.05, 0.1) is 11.0 Å². The number of nitrogens with zero attached hydrogens (tertiary/aromatic N) is 1. The number of thiazole rings is 1. The highest BCUT2D eigenvalue weighted by Crippen LogP contribution is 2.37. The van der Waals surface area contributed by atoms with E-state index in [4.69, 9.17) is 0 Å². The second-order valence-corrected chi connectivity index (χ2v) is 6.63. The van der Waals surface area contributed by atoms with Gasteiger partial charge >= 0.3 is 6.03 Å². The van der Waals surface area contributed by atoms with Crippen molar-refractivity contribution in [2.45, 2.75) is 31.7 Å². The summed E-state index contributed by atoms with van der Waals surface area (Å²) < 4.78 is 0. The van der Waals surface area contributed by atoms with Crippen LogP contribution in [0, 0.1) is 5.92 Å². The van der Waals surface area contributed by atoms with Gasteiger partial charge in [0.1, 0.15) is 0 Å². The number of hydrogen-bond acceptors (Lipinski definition) is 3. The molecule has 1 aromatic heterocycles. The fourth-order valence-electron chi connectivity index (χ4n) is 2.76. The van der Waals surface area contributed by atoms with Crippen molar-refractivity contribution in [1.29, 1.82) is 0 Å². The molecule has 1 aliphatic carbocycles. The smallest absolute Gasteiger partial charge is 0.315 e. The molecule has 0 saturated heterocycles. The molecule has 2 N–H and O–H groups in total. The summed E-state index contributed by atoms with van der Waals surface area (Å²) in [6.07, 6.45) is 6.23. The number of amides is 2. The van der Waals surface area contributed by atoms with Gasteiger partial charge in [0.25, 0.3) is 0 Å². The molecule has 1 heterocycles. The molecule has 4 nitrogen and oxygen atoms in total. The van der Waals surface area contributed by atoms with Crippen molar-refractivity contribution in [3.63, 3.8) is 0 Å². The zero-order chi connectivity index (χ0) is 15.2. The van der Waals surface area contributed by atoms with Gasteiger partial charge < -0.3 is 10.6 Å². The summed E-state index contributed by atoms with van der Waals surface area (Å²) in [6, 6.07) is 10.3. The zero-order valence-corrected chi connectivity index (χ0v) is 13.3. The van der Waals surface area contributed by atoms with Crippen LogP contribution in [0.5, 0.6) is 0 Å². The van der Waals surface area contributed by atoms with Gasteiger partial charge in [0, 0.05) is 24.5 Å². The van der Waals surface area contributed by atoms with Crippen LogP contribution in [0.2, 0.25) is 0 Å². The zero-order valence-electron chi connectivity index (χ0n) is 12.5. The number of urea groups is 1. The number of hydrogen-bond donors (Lipinski definition) is 2. The lowest BCUT2D eigenvalue weighted by atomic mass is 9.77. The third-order valence-corrected chi connectivity index (χ3v) is 5.01. The van der Waals surface area contributed by atoms with E-state index in [-0.39, 0.29) is 12.1 Å². The predicted molar refractivity (Wildman–Crippen MR) is 88.9 cm³/mol.